The maximum atomic E-state index is 12.5. The molecule has 0 heterocycles. The Kier molecular flexibility index (Phi) is 4.88. The van der Waals surface area contributed by atoms with Crippen LogP contribution in [0, 0.1) is 12.8 Å². The van der Waals surface area contributed by atoms with E-state index in [1.807, 2.05) is 13.0 Å². The number of aliphatic hydroxyl groups is 1. The van der Waals surface area contributed by atoms with Crippen LogP contribution in [0.15, 0.2) is 18.2 Å². The van der Waals surface area contributed by atoms with Crippen LogP contribution in [0.2, 0.25) is 0 Å². The zero-order chi connectivity index (χ0) is 15.5. The quantitative estimate of drug-likeness (QED) is 0.896. The monoisotopic (exact) mass is 291 g/mol. The largest absolute Gasteiger partial charge is 0.496 e. The maximum absolute atomic E-state index is 12.5. The van der Waals surface area contributed by atoms with Crippen molar-refractivity contribution in [1.29, 1.82) is 0 Å². The van der Waals surface area contributed by atoms with Crippen LogP contribution in [0.3, 0.4) is 0 Å². The summed E-state index contributed by atoms with van der Waals surface area (Å²) in [5, 5.41) is 12.8. The van der Waals surface area contributed by atoms with Crippen molar-refractivity contribution in [2.45, 2.75) is 45.1 Å². The average molecular weight is 291 g/mol. The van der Waals surface area contributed by atoms with Crippen LogP contribution in [0.25, 0.3) is 0 Å². The molecule has 1 aliphatic carbocycles. The molecule has 2 N–H and O–H groups in total. The Morgan fingerprint density at radius 3 is 2.67 bits per heavy atom. The molecule has 1 aromatic carbocycles. The highest BCUT2D eigenvalue weighted by Crippen LogP contribution is 2.32. The zero-order valence-corrected chi connectivity index (χ0v) is 13.1. The number of aliphatic hydroxyl groups excluding tert-OH is 1. The fraction of sp³-hybridized carbons (Fsp3) is 0.588. The lowest BCUT2D eigenvalue weighted by molar-refractivity contribution is 0.0717. The van der Waals surface area contributed by atoms with E-state index in [1.54, 1.807) is 19.2 Å². The second-order valence-electron chi connectivity index (χ2n) is 6.26. The van der Waals surface area contributed by atoms with E-state index >= 15 is 0 Å². The van der Waals surface area contributed by atoms with E-state index in [9.17, 15) is 9.90 Å². The molecule has 0 spiro atoms. The van der Waals surface area contributed by atoms with E-state index in [0.717, 1.165) is 31.2 Å². The summed E-state index contributed by atoms with van der Waals surface area (Å²) < 4.78 is 5.26. The highest BCUT2D eigenvalue weighted by Gasteiger charge is 2.35. The van der Waals surface area contributed by atoms with Gasteiger partial charge in [0.15, 0.2) is 0 Å². The van der Waals surface area contributed by atoms with E-state index in [-0.39, 0.29) is 12.5 Å². The van der Waals surface area contributed by atoms with Crippen LogP contribution in [0.5, 0.6) is 5.75 Å². The van der Waals surface area contributed by atoms with Crippen molar-refractivity contribution < 1.29 is 14.6 Å². The summed E-state index contributed by atoms with van der Waals surface area (Å²) in [6, 6.07) is 5.42. The molecule has 0 saturated heterocycles. The van der Waals surface area contributed by atoms with E-state index in [2.05, 4.69) is 12.2 Å². The third-order valence-corrected chi connectivity index (χ3v) is 4.58. The summed E-state index contributed by atoms with van der Waals surface area (Å²) in [6.45, 7) is 4.15. The van der Waals surface area contributed by atoms with Gasteiger partial charge in [0.25, 0.3) is 5.91 Å². The van der Waals surface area contributed by atoms with Gasteiger partial charge in [-0.2, -0.15) is 0 Å². The van der Waals surface area contributed by atoms with Gasteiger partial charge in [-0.05, 0) is 56.2 Å². The van der Waals surface area contributed by atoms with Crippen LogP contribution in [-0.4, -0.2) is 30.3 Å². The molecule has 2 rings (SSSR count). The van der Waals surface area contributed by atoms with Gasteiger partial charge < -0.3 is 15.2 Å². The van der Waals surface area contributed by atoms with Crippen molar-refractivity contribution in [3.8, 4) is 5.75 Å². The molecule has 1 fully saturated rings. The first-order chi connectivity index (χ1) is 9.99. The van der Waals surface area contributed by atoms with Gasteiger partial charge in [0.1, 0.15) is 5.75 Å². The third kappa shape index (κ3) is 3.56. The van der Waals surface area contributed by atoms with Crippen LogP contribution in [0.4, 0.5) is 0 Å². The summed E-state index contributed by atoms with van der Waals surface area (Å²) >= 11 is 0. The van der Waals surface area contributed by atoms with Gasteiger partial charge in [-0.25, -0.2) is 0 Å². The topological polar surface area (TPSA) is 58.6 Å². The molecular weight excluding hydrogens is 266 g/mol. The van der Waals surface area contributed by atoms with E-state index < -0.39 is 5.54 Å². The molecule has 4 heteroatoms. The summed E-state index contributed by atoms with van der Waals surface area (Å²) in [6.07, 6.45) is 3.74. The number of amides is 1. The minimum absolute atomic E-state index is 0.00550. The molecular formula is C17H25NO3. The van der Waals surface area contributed by atoms with E-state index in [4.69, 9.17) is 4.74 Å². The van der Waals surface area contributed by atoms with Gasteiger partial charge in [-0.3, -0.25) is 4.79 Å². The molecule has 1 aliphatic rings. The Hall–Kier alpha value is -1.55. The second-order valence-corrected chi connectivity index (χ2v) is 6.26. The number of nitrogens with one attached hydrogen (secondary N) is 1. The Morgan fingerprint density at radius 1 is 1.43 bits per heavy atom. The van der Waals surface area contributed by atoms with Gasteiger partial charge >= 0.3 is 0 Å². The Balaban J connectivity index is 2.13. The molecule has 0 aliphatic heterocycles. The summed E-state index contributed by atoms with van der Waals surface area (Å²) in [5.74, 6) is 1.23. The summed E-state index contributed by atoms with van der Waals surface area (Å²) in [7, 11) is 1.60. The molecule has 0 atom stereocenters. The molecule has 116 valence electrons. The Morgan fingerprint density at radius 2 is 2.10 bits per heavy atom. The normalized spacial score (nSPS) is 25.4. The first-order valence-corrected chi connectivity index (χ1v) is 7.58. The van der Waals surface area contributed by atoms with Crippen LogP contribution in [0.1, 0.15) is 48.5 Å². The number of rotatable bonds is 4. The second kappa shape index (κ2) is 6.48. The molecule has 0 bridgehead atoms. The standard InChI is InChI=1S/C17H25NO3/c1-12-6-8-17(11-19,9-7-12)18-16(20)14-5-4-13(2)15(10-14)21-3/h4-5,10,12,19H,6-9,11H2,1-3H3,(H,18,20). The predicted octanol–water partition coefficient (Wildman–Crippen LogP) is 2.67. The van der Waals surface area contributed by atoms with Crippen molar-refractivity contribution in [1.82, 2.24) is 5.32 Å². The van der Waals surface area contributed by atoms with Crippen LogP contribution in [-0.2, 0) is 0 Å². The number of hydrogen-bond donors (Lipinski definition) is 2. The molecule has 1 amide bonds. The lowest BCUT2D eigenvalue weighted by Crippen LogP contribution is -2.53. The minimum atomic E-state index is -0.471. The van der Waals surface area contributed by atoms with E-state index in [0.29, 0.717) is 17.2 Å². The minimum Gasteiger partial charge on any atom is -0.496 e. The van der Waals surface area contributed by atoms with Crippen LogP contribution < -0.4 is 10.1 Å². The van der Waals surface area contributed by atoms with Crippen LogP contribution >= 0.6 is 0 Å². The van der Waals surface area contributed by atoms with Crippen molar-refractivity contribution in [2.24, 2.45) is 5.92 Å². The number of carbonyl (C=O) groups excluding carboxylic acids is 1. The number of carbonyl (C=O) groups is 1. The zero-order valence-electron chi connectivity index (χ0n) is 13.1. The van der Waals surface area contributed by atoms with Crippen molar-refractivity contribution in [3.63, 3.8) is 0 Å². The number of benzene rings is 1. The molecule has 4 nitrogen and oxygen atoms in total. The number of hydrogen-bond acceptors (Lipinski definition) is 3. The fourth-order valence-electron chi connectivity index (χ4n) is 2.91. The van der Waals surface area contributed by atoms with E-state index in [1.165, 1.54) is 0 Å². The fourth-order valence-corrected chi connectivity index (χ4v) is 2.91. The molecule has 1 saturated carbocycles. The molecule has 0 unspecified atom stereocenters. The lowest BCUT2D eigenvalue weighted by Gasteiger charge is -2.38. The number of methoxy groups -OCH3 is 1. The van der Waals surface area contributed by atoms with Gasteiger partial charge in [-0.15, -0.1) is 0 Å². The predicted molar refractivity (Wildman–Crippen MR) is 82.6 cm³/mol. The molecule has 1 aromatic rings. The highest BCUT2D eigenvalue weighted by molar-refractivity contribution is 5.95. The van der Waals surface area contributed by atoms with Gasteiger partial charge in [0.05, 0.1) is 19.3 Å². The van der Waals surface area contributed by atoms with Crippen molar-refractivity contribution >= 4 is 5.91 Å². The number of aryl methyl sites for hydroxylation is 1. The van der Waals surface area contributed by atoms with Gasteiger partial charge in [0.2, 0.25) is 0 Å². The maximum Gasteiger partial charge on any atom is 0.251 e. The highest BCUT2D eigenvalue weighted by atomic mass is 16.5. The lowest BCUT2D eigenvalue weighted by atomic mass is 9.77. The number of ether oxygens (including phenoxy) is 1. The van der Waals surface area contributed by atoms with Crippen molar-refractivity contribution in [2.75, 3.05) is 13.7 Å². The molecule has 0 aromatic heterocycles. The van der Waals surface area contributed by atoms with Gasteiger partial charge in [0, 0.05) is 5.56 Å². The average Bonchev–Trinajstić information content (AvgIpc) is 2.50. The summed E-state index contributed by atoms with van der Waals surface area (Å²) in [4.78, 5) is 12.5. The SMILES string of the molecule is COc1cc(C(=O)NC2(CO)CCC(C)CC2)ccc1C. The first kappa shape index (κ1) is 15.8. The van der Waals surface area contributed by atoms with Gasteiger partial charge in [-0.1, -0.05) is 13.0 Å². The summed E-state index contributed by atoms with van der Waals surface area (Å²) in [5.41, 5.74) is 1.10. The molecule has 0 radical (unpaired) electrons. The van der Waals surface area contributed by atoms with Crippen molar-refractivity contribution in [3.05, 3.63) is 29.3 Å². The first-order valence-electron chi connectivity index (χ1n) is 7.58. The third-order valence-electron chi connectivity index (χ3n) is 4.58. The Bertz CT molecular complexity index is 505. The smallest absolute Gasteiger partial charge is 0.251 e. The Labute approximate surface area is 126 Å². The molecule has 21 heavy (non-hydrogen) atoms.